The van der Waals surface area contributed by atoms with Gasteiger partial charge >= 0.3 is 0 Å². The summed E-state index contributed by atoms with van der Waals surface area (Å²) < 4.78 is 7.50. The van der Waals surface area contributed by atoms with E-state index >= 15 is 0 Å². The van der Waals surface area contributed by atoms with Gasteiger partial charge in [-0.05, 0) is 24.1 Å². The molecule has 6 heteroatoms. The van der Waals surface area contributed by atoms with Crippen LogP contribution in [-0.2, 0) is 18.7 Å². The number of nitrogens with zero attached hydrogens (tertiary/aromatic N) is 2. The van der Waals surface area contributed by atoms with Crippen LogP contribution in [0.2, 0.25) is 0 Å². The Hall–Kier alpha value is -2.99. The first kappa shape index (κ1) is 17.4. The van der Waals surface area contributed by atoms with Crippen molar-refractivity contribution >= 4 is 22.8 Å². The second-order valence-corrected chi connectivity index (χ2v) is 7.10. The van der Waals surface area contributed by atoms with Crippen LogP contribution in [0.15, 0.2) is 81.3 Å². The second kappa shape index (κ2) is 7.72. The fourth-order valence-electron chi connectivity index (χ4n) is 2.92. The third kappa shape index (κ3) is 3.90. The average molecular weight is 378 g/mol. The lowest BCUT2D eigenvalue weighted by Crippen LogP contribution is -2.04. The lowest BCUT2D eigenvalue weighted by Gasteiger charge is -2.09. The lowest BCUT2D eigenvalue weighted by atomic mass is 10.1. The maximum atomic E-state index is 11.6. The van der Waals surface area contributed by atoms with E-state index in [2.05, 4.69) is 22.8 Å². The molecule has 5 nitrogen and oxygen atoms in total. The summed E-state index contributed by atoms with van der Waals surface area (Å²) in [6.07, 6.45) is 1.99. The van der Waals surface area contributed by atoms with Crippen LogP contribution in [0.4, 0.5) is 0 Å². The minimum absolute atomic E-state index is 0.376. The molecular formula is C21H18N2O3S. The summed E-state index contributed by atoms with van der Waals surface area (Å²) in [4.78, 5) is 16.3. The van der Waals surface area contributed by atoms with Gasteiger partial charge in [-0.1, -0.05) is 54.2 Å². The average Bonchev–Trinajstić information content (AvgIpc) is 3.05. The number of aromatic hydroxyl groups is 1. The Labute approximate surface area is 160 Å². The van der Waals surface area contributed by atoms with E-state index in [0.717, 1.165) is 35.4 Å². The smallest absolute Gasteiger partial charge is 0.226 e. The van der Waals surface area contributed by atoms with Crippen molar-refractivity contribution in [3.8, 4) is 5.75 Å². The predicted octanol–water partition coefficient (Wildman–Crippen LogP) is 4.23. The minimum Gasteiger partial charge on any atom is -0.502 e. The highest BCUT2D eigenvalue weighted by Gasteiger charge is 2.12. The predicted molar refractivity (Wildman–Crippen MR) is 106 cm³/mol. The number of hydrogen-bond acceptors (Lipinski definition) is 5. The van der Waals surface area contributed by atoms with Gasteiger partial charge in [-0.2, -0.15) is 0 Å². The number of imidazole rings is 1. The molecule has 0 spiro atoms. The molecule has 0 unspecified atom stereocenters. The topological polar surface area (TPSA) is 68.3 Å². The van der Waals surface area contributed by atoms with Gasteiger partial charge in [0.15, 0.2) is 10.9 Å². The van der Waals surface area contributed by atoms with E-state index in [1.807, 2.05) is 36.4 Å². The molecule has 1 N–H and O–H groups in total. The zero-order chi connectivity index (χ0) is 18.6. The van der Waals surface area contributed by atoms with E-state index in [-0.39, 0.29) is 5.75 Å². The Bertz CT molecular complexity index is 1120. The van der Waals surface area contributed by atoms with Crippen molar-refractivity contribution in [2.24, 2.45) is 0 Å². The molecule has 0 aliphatic heterocycles. The molecule has 0 atom stereocenters. The van der Waals surface area contributed by atoms with Gasteiger partial charge in [0.1, 0.15) is 12.0 Å². The second-order valence-electron chi connectivity index (χ2n) is 6.15. The van der Waals surface area contributed by atoms with Crippen molar-refractivity contribution in [3.63, 3.8) is 0 Å². The first-order chi connectivity index (χ1) is 13.2. The number of fused-ring (bicyclic) bond motifs is 1. The van der Waals surface area contributed by atoms with Crippen molar-refractivity contribution in [1.82, 2.24) is 9.55 Å². The molecule has 2 heterocycles. The van der Waals surface area contributed by atoms with Crippen LogP contribution in [0, 0.1) is 0 Å². The maximum absolute atomic E-state index is 11.6. The van der Waals surface area contributed by atoms with Crippen LogP contribution in [-0.4, -0.2) is 14.7 Å². The zero-order valence-electron chi connectivity index (χ0n) is 14.5. The molecule has 2 aromatic heterocycles. The van der Waals surface area contributed by atoms with Gasteiger partial charge in [0, 0.05) is 12.6 Å². The fraction of sp³-hybridized carbons (Fsp3) is 0.143. The van der Waals surface area contributed by atoms with Crippen LogP contribution >= 0.6 is 11.8 Å². The number of thioether (sulfide) groups is 1. The van der Waals surface area contributed by atoms with Crippen molar-refractivity contribution in [3.05, 3.63) is 88.5 Å². The number of benzene rings is 2. The summed E-state index contributed by atoms with van der Waals surface area (Å²) >= 11 is 1.51. The van der Waals surface area contributed by atoms with E-state index in [4.69, 9.17) is 9.40 Å². The maximum Gasteiger partial charge on any atom is 0.226 e. The first-order valence-corrected chi connectivity index (χ1v) is 9.62. The van der Waals surface area contributed by atoms with Crippen molar-refractivity contribution < 1.29 is 9.52 Å². The Morgan fingerprint density at radius 3 is 2.67 bits per heavy atom. The molecular weight excluding hydrogens is 360 g/mol. The molecule has 4 rings (SSSR count). The molecule has 0 amide bonds. The third-order valence-electron chi connectivity index (χ3n) is 4.30. The Balaban J connectivity index is 1.59. The highest BCUT2D eigenvalue weighted by molar-refractivity contribution is 7.98. The van der Waals surface area contributed by atoms with E-state index < -0.39 is 5.43 Å². The quantitative estimate of drug-likeness (QED) is 0.509. The Morgan fingerprint density at radius 2 is 1.85 bits per heavy atom. The SMILES string of the molecule is O=c1cc(CSc2nc3ccccc3n2CCc2ccccc2)occ1O. The number of hydrogen-bond donors (Lipinski definition) is 1. The molecule has 0 radical (unpaired) electrons. The van der Waals surface area contributed by atoms with E-state index in [1.165, 1.54) is 23.4 Å². The monoisotopic (exact) mass is 378 g/mol. The van der Waals surface area contributed by atoms with Crippen molar-refractivity contribution in [1.29, 1.82) is 0 Å². The first-order valence-electron chi connectivity index (χ1n) is 8.63. The molecule has 27 heavy (non-hydrogen) atoms. The van der Waals surface area contributed by atoms with Gasteiger partial charge < -0.3 is 14.1 Å². The normalized spacial score (nSPS) is 11.1. The molecule has 2 aromatic carbocycles. The van der Waals surface area contributed by atoms with Crippen LogP contribution in [0.3, 0.4) is 0 Å². The Kier molecular flexibility index (Phi) is 4.98. The van der Waals surface area contributed by atoms with Crippen molar-refractivity contribution in [2.75, 3.05) is 0 Å². The summed E-state index contributed by atoms with van der Waals surface area (Å²) in [7, 11) is 0. The molecule has 0 fully saturated rings. The standard InChI is InChI=1S/C21H18N2O3S/c24-19-12-16(26-13-20(19)25)14-27-21-22-17-8-4-5-9-18(17)23(21)11-10-15-6-2-1-3-7-15/h1-9,12-13,25H,10-11,14H2. The van der Waals surface area contributed by atoms with Gasteiger partial charge in [-0.3, -0.25) is 4.79 Å². The minimum atomic E-state index is -0.436. The summed E-state index contributed by atoms with van der Waals surface area (Å²) in [6, 6.07) is 19.7. The van der Waals surface area contributed by atoms with Crippen LogP contribution < -0.4 is 5.43 Å². The van der Waals surface area contributed by atoms with Gasteiger partial charge in [-0.15, -0.1) is 0 Å². The largest absolute Gasteiger partial charge is 0.502 e. The molecule has 0 saturated heterocycles. The van der Waals surface area contributed by atoms with E-state index in [1.54, 1.807) is 0 Å². The highest BCUT2D eigenvalue weighted by Crippen LogP contribution is 2.27. The van der Waals surface area contributed by atoms with Crippen LogP contribution in [0.25, 0.3) is 11.0 Å². The number of aryl methyl sites for hydroxylation is 2. The van der Waals surface area contributed by atoms with Gasteiger partial charge in [0.05, 0.1) is 16.8 Å². The summed E-state index contributed by atoms with van der Waals surface area (Å²) in [5.74, 6) is 0.591. The van der Waals surface area contributed by atoms with Crippen molar-refractivity contribution in [2.45, 2.75) is 23.9 Å². The number of para-hydroxylation sites is 2. The lowest BCUT2D eigenvalue weighted by molar-refractivity contribution is 0.419. The summed E-state index contributed by atoms with van der Waals surface area (Å²) in [6.45, 7) is 0.812. The zero-order valence-corrected chi connectivity index (χ0v) is 15.4. The fourth-order valence-corrected chi connectivity index (χ4v) is 3.85. The molecule has 0 bridgehead atoms. The molecule has 0 aliphatic carbocycles. The summed E-state index contributed by atoms with van der Waals surface area (Å²) in [5.41, 5.74) is 2.87. The van der Waals surface area contributed by atoms with Crippen LogP contribution in [0.5, 0.6) is 5.75 Å². The Morgan fingerprint density at radius 1 is 1.07 bits per heavy atom. The van der Waals surface area contributed by atoms with Gasteiger partial charge in [0.2, 0.25) is 5.43 Å². The molecule has 0 aliphatic rings. The summed E-state index contributed by atoms with van der Waals surface area (Å²) in [5, 5.41) is 10.2. The number of aromatic nitrogens is 2. The third-order valence-corrected chi connectivity index (χ3v) is 5.30. The molecule has 136 valence electrons. The highest BCUT2D eigenvalue weighted by atomic mass is 32.2. The van der Waals surface area contributed by atoms with Gasteiger partial charge in [-0.25, -0.2) is 4.98 Å². The van der Waals surface area contributed by atoms with Crippen LogP contribution in [0.1, 0.15) is 11.3 Å². The molecule has 0 saturated carbocycles. The van der Waals surface area contributed by atoms with E-state index in [0.29, 0.717) is 11.5 Å². The molecule has 4 aromatic rings. The van der Waals surface area contributed by atoms with Gasteiger partial charge in [0.25, 0.3) is 0 Å². The van der Waals surface area contributed by atoms with E-state index in [9.17, 15) is 9.90 Å². The number of rotatable bonds is 6.